The minimum atomic E-state index is -3.18. The lowest BCUT2D eigenvalue weighted by atomic mass is 10.4. The van der Waals surface area contributed by atoms with Crippen LogP contribution in [0.3, 0.4) is 0 Å². The highest BCUT2D eigenvalue weighted by Crippen LogP contribution is 2.32. The van der Waals surface area contributed by atoms with Crippen molar-refractivity contribution in [3.8, 4) is 0 Å². The summed E-state index contributed by atoms with van der Waals surface area (Å²) in [4.78, 5) is 4.10. The van der Waals surface area contributed by atoms with Crippen LogP contribution in [0.15, 0.2) is 24.4 Å². The normalized spacial score (nSPS) is 16.3. The van der Waals surface area contributed by atoms with E-state index in [-0.39, 0.29) is 11.8 Å². The molecule has 0 spiro atoms. The van der Waals surface area contributed by atoms with Gasteiger partial charge in [0.15, 0.2) is 0 Å². The van der Waals surface area contributed by atoms with E-state index in [0.717, 1.165) is 12.8 Å². The van der Waals surface area contributed by atoms with Crippen molar-refractivity contribution in [2.45, 2.75) is 25.8 Å². The van der Waals surface area contributed by atoms with E-state index in [1.54, 1.807) is 25.3 Å². The first-order chi connectivity index (χ1) is 7.15. The number of pyridine rings is 1. The molecular weight excluding hydrogens is 212 g/mol. The monoisotopic (exact) mass is 226 g/mol. The Labute approximate surface area is 90.0 Å². The van der Waals surface area contributed by atoms with Gasteiger partial charge in [-0.25, -0.2) is 13.4 Å². The number of sulfonamides is 1. The molecule has 0 saturated heterocycles. The van der Waals surface area contributed by atoms with Gasteiger partial charge in [0.25, 0.3) is 0 Å². The van der Waals surface area contributed by atoms with Crippen molar-refractivity contribution in [3.63, 3.8) is 0 Å². The summed E-state index contributed by atoms with van der Waals surface area (Å²) in [5, 5.41) is 0. The second kappa shape index (κ2) is 3.81. The Morgan fingerprint density at radius 2 is 2.20 bits per heavy atom. The van der Waals surface area contributed by atoms with Gasteiger partial charge in [0.2, 0.25) is 10.0 Å². The van der Waals surface area contributed by atoms with Crippen LogP contribution >= 0.6 is 0 Å². The standard InChI is InChI=1S/C10H14N2O2S/c1-2-15(13,14)12(9-6-7-9)10-5-3-4-8-11-10/h3-5,8-9H,2,6-7H2,1H3. The van der Waals surface area contributed by atoms with Crippen molar-refractivity contribution in [2.75, 3.05) is 10.1 Å². The molecule has 1 aromatic rings. The van der Waals surface area contributed by atoms with E-state index >= 15 is 0 Å². The Balaban J connectivity index is 2.37. The number of rotatable bonds is 4. The van der Waals surface area contributed by atoms with E-state index in [2.05, 4.69) is 4.98 Å². The van der Waals surface area contributed by atoms with Gasteiger partial charge in [0, 0.05) is 12.2 Å². The molecule has 0 N–H and O–H groups in total. The van der Waals surface area contributed by atoms with Crippen LogP contribution in [0.1, 0.15) is 19.8 Å². The molecule has 2 rings (SSSR count). The fourth-order valence-corrected chi connectivity index (χ4v) is 2.83. The largest absolute Gasteiger partial charge is 0.251 e. The SMILES string of the molecule is CCS(=O)(=O)N(c1ccccn1)C1CC1. The molecule has 0 atom stereocenters. The quantitative estimate of drug-likeness (QED) is 0.779. The van der Waals surface area contributed by atoms with Gasteiger partial charge in [-0.2, -0.15) is 0 Å². The molecule has 0 amide bonds. The zero-order valence-electron chi connectivity index (χ0n) is 8.63. The Morgan fingerprint density at radius 1 is 1.47 bits per heavy atom. The van der Waals surface area contributed by atoms with Crippen molar-refractivity contribution < 1.29 is 8.42 Å². The van der Waals surface area contributed by atoms with Crippen molar-refractivity contribution >= 4 is 15.8 Å². The molecule has 0 bridgehead atoms. The molecule has 1 heterocycles. The number of aromatic nitrogens is 1. The number of hydrogen-bond donors (Lipinski definition) is 0. The fraction of sp³-hybridized carbons (Fsp3) is 0.500. The van der Waals surface area contributed by atoms with Crippen LogP contribution in [0.5, 0.6) is 0 Å². The van der Waals surface area contributed by atoms with E-state index < -0.39 is 10.0 Å². The van der Waals surface area contributed by atoms with Crippen LogP contribution in [0.4, 0.5) is 5.82 Å². The number of anilines is 1. The van der Waals surface area contributed by atoms with Crippen LogP contribution in [0.2, 0.25) is 0 Å². The van der Waals surface area contributed by atoms with E-state index in [1.807, 2.05) is 6.07 Å². The molecule has 15 heavy (non-hydrogen) atoms. The highest BCUT2D eigenvalue weighted by molar-refractivity contribution is 7.92. The molecular formula is C10H14N2O2S. The van der Waals surface area contributed by atoms with E-state index in [1.165, 1.54) is 4.31 Å². The summed E-state index contributed by atoms with van der Waals surface area (Å²) in [5.74, 6) is 0.668. The molecule has 82 valence electrons. The van der Waals surface area contributed by atoms with Gasteiger partial charge in [0.05, 0.1) is 5.75 Å². The van der Waals surface area contributed by atoms with Crippen LogP contribution in [-0.4, -0.2) is 25.2 Å². The van der Waals surface area contributed by atoms with Crippen LogP contribution in [-0.2, 0) is 10.0 Å². The molecule has 5 heteroatoms. The summed E-state index contributed by atoms with van der Waals surface area (Å²) in [6.07, 6.45) is 3.50. The third kappa shape index (κ3) is 2.12. The molecule has 1 aromatic heterocycles. The van der Waals surface area contributed by atoms with Gasteiger partial charge in [-0.3, -0.25) is 4.31 Å². The minimum Gasteiger partial charge on any atom is -0.251 e. The predicted molar refractivity (Wildman–Crippen MR) is 59.2 cm³/mol. The lowest BCUT2D eigenvalue weighted by molar-refractivity contribution is 0.591. The summed E-state index contributed by atoms with van der Waals surface area (Å²) in [6.45, 7) is 1.66. The Hall–Kier alpha value is -1.10. The summed E-state index contributed by atoms with van der Waals surface area (Å²) in [6, 6.07) is 5.46. The van der Waals surface area contributed by atoms with Gasteiger partial charge in [-0.1, -0.05) is 6.07 Å². The van der Waals surface area contributed by atoms with Crippen LogP contribution in [0.25, 0.3) is 0 Å². The van der Waals surface area contributed by atoms with Gasteiger partial charge in [0.1, 0.15) is 5.82 Å². The number of nitrogens with zero attached hydrogens (tertiary/aromatic N) is 2. The van der Waals surface area contributed by atoms with Crippen molar-refractivity contribution in [2.24, 2.45) is 0 Å². The van der Waals surface area contributed by atoms with E-state index in [9.17, 15) is 8.42 Å². The topological polar surface area (TPSA) is 50.3 Å². The van der Waals surface area contributed by atoms with Gasteiger partial charge in [-0.05, 0) is 31.9 Å². The highest BCUT2D eigenvalue weighted by Gasteiger charge is 2.37. The smallest absolute Gasteiger partial charge is 0.236 e. The maximum atomic E-state index is 11.9. The molecule has 1 aliphatic carbocycles. The van der Waals surface area contributed by atoms with Crippen molar-refractivity contribution in [1.29, 1.82) is 0 Å². The molecule has 1 fully saturated rings. The van der Waals surface area contributed by atoms with Crippen molar-refractivity contribution in [3.05, 3.63) is 24.4 Å². The molecule has 1 aliphatic rings. The maximum absolute atomic E-state index is 11.9. The lowest BCUT2D eigenvalue weighted by Crippen LogP contribution is -2.34. The minimum absolute atomic E-state index is 0.125. The summed E-state index contributed by atoms with van der Waals surface area (Å²) in [7, 11) is -3.18. The lowest BCUT2D eigenvalue weighted by Gasteiger charge is -2.21. The molecule has 1 saturated carbocycles. The van der Waals surface area contributed by atoms with E-state index in [4.69, 9.17) is 0 Å². The Kier molecular flexibility index (Phi) is 2.65. The highest BCUT2D eigenvalue weighted by atomic mass is 32.2. The van der Waals surface area contributed by atoms with E-state index in [0.29, 0.717) is 5.82 Å². The van der Waals surface area contributed by atoms with Crippen LogP contribution < -0.4 is 4.31 Å². The third-order valence-electron chi connectivity index (χ3n) is 2.42. The molecule has 0 aromatic carbocycles. The Morgan fingerprint density at radius 3 is 2.67 bits per heavy atom. The summed E-state index contributed by atoms with van der Waals surface area (Å²) >= 11 is 0. The molecule has 0 radical (unpaired) electrons. The third-order valence-corrected chi connectivity index (χ3v) is 4.23. The van der Waals surface area contributed by atoms with Crippen LogP contribution in [0, 0.1) is 0 Å². The Bertz CT molecular complexity index is 426. The predicted octanol–water partition coefficient (Wildman–Crippen LogP) is 1.40. The average molecular weight is 226 g/mol. The zero-order chi connectivity index (χ0) is 10.9. The average Bonchev–Trinajstić information content (AvgIpc) is 3.04. The summed E-state index contributed by atoms with van der Waals surface area (Å²) in [5.41, 5.74) is 0. The maximum Gasteiger partial charge on any atom is 0.236 e. The van der Waals surface area contributed by atoms with Gasteiger partial charge in [-0.15, -0.1) is 0 Å². The van der Waals surface area contributed by atoms with Crippen molar-refractivity contribution in [1.82, 2.24) is 4.98 Å². The molecule has 0 unspecified atom stereocenters. The molecule has 0 aliphatic heterocycles. The van der Waals surface area contributed by atoms with Gasteiger partial charge >= 0.3 is 0 Å². The first-order valence-electron chi connectivity index (χ1n) is 5.08. The fourth-order valence-electron chi connectivity index (χ4n) is 1.49. The second-order valence-electron chi connectivity index (χ2n) is 3.62. The van der Waals surface area contributed by atoms with Gasteiger partial charge < -0.3 is 0 Å². The number of hydrogen-bond acceptors (Lipinski definition) is 3. The zero-order valence-corrected chi connectivity index (χ0v) is 9.44. The summed E-state index contributed by atoms with van der Waals surface area (Å²) < 4.78 is 25.2. The first kappa shape index (κ1) is 10.4. The molecule has 4 nitrogen and oxygen atoms in total. The first-order valence-corrected chi connectivity index (χ1v) is 6.69. The second-order valence-corrected chi connectivity index (χ2v) is 5.75.